The van der Waals surface area contributed by atoms with Gasteiger partial charge in [-0.1, -0.05) is 12.2 Å². The van der Waals surface area contributed by atoms with Crippen LogP contribution in [0.3, 0.4) is 0 Å². The first-order chi connectivity index (χ1) is 3.18. The summed E-state index contributed by atoms with van der Waals surface area (Å²) in [7, 11) is 0. The van der Waals surface area contributed by atoms with Gasteiger partial charge in [0, 0.05) is 0 Å². The average molecular weight is 97.2 g/mol. The van der Waals surface area contributed by atoms with E-state index in [0.717, 1.165) is 11.1 Å². The third kappa shape index (κ3) is 2.04. The van der Waals surface area contributed by atoms with E-state index >= 15 is 0 Å². The molecule has 0 aliphatic carbocycles. The maximum absolute atomic E-state index is 5.15. The molecule has 0 saturated heterocycles. The van der Waals surface area contributed by atoms with Gasteiger partial charge in [0.05, 0.1) is 0 Å². The van der Waals surface area contributed by atoms with E-state index in [9.17, 15) is 0 Å². The maximum Gasteiger partial charge on any atom is -0.00301 e. The molecule has 1 nitrogen and oxygen atoms in total. The summed E-state index contributed by atoms with van der Waals surface area (Å²) in [6, 6.07) is 0. The van der Waals surface area contributed by atoms with Crippen LogP contribution in [0.15, 0.2) is 23.9 Å². The van der Waals surface area contributed by atoms with Gasteiger partial charge in [-0.2, -0.15) is 0 Å². The minimum absolute atomic E-state index is 1.03. The average Bonchev–Trinajstić information content (AvgIpc) is 1.65. The molecule has 0 amide bonds. The highest BCUT2D eigenvalue weighted by molar-refractivity contribution is 5.22. The number of hydrogen-bond donors (Lipinski definition) is 1. The molecule has 2 N–H and O–H groups in total. The van der Waals surface area contributed by atoms with E-state index in [1.807, 2.05) is 13.8 Å². The van der Waals surface area contributed by atoms with Gasteiger partial charge in [0.2, 0.25) is 0 Å². The Morgan fingerprint density at radius 3 is 2.00 bits per heavy atom. The fourth-order valence-electron chi connectivity index (χ4n) is 0.142. The summed E-state index contributed by atoms with van der Waals surface area (Å²) in [4.78, 5) is 0. The summed E-state index contributed by atoms with van der Waals surface area (Å²) in [5.41, 5.74) is 7.24. The molecule has 0 aliphatic heterocycles. The van der Waals surface area contributed by atoms with E-state index in [1.165, 1.54) is 0 Å². The lowest BCUT2D eigenvalue weighted by atomic mass is 10.2. The van der Waals surface area contributed by atoms with Crippen molar-refractivity contribution in [2.75, 3.05) is 0 Å². The summed E-state index contributed by atoms with van der Waals surface area (Å²) in [5, 5.41) is 0. The number of hydrogen-bond acceptors (Lipinski definition) is 1. The first-order valence-electron chi connectivity index (χ1n) is 2.23. The van der Waals surface area contributed by atoms with Crippen LogP contribution in [0.4, 0.5) is 0 Å². The Bertz CT molecular complexity index is 101. The second kappa shape index (κ2) is 2.45. The fraction of sp³-hybridized carbons (Fsp3) is 0.333. The second-order valence-electron chi connectivity index (χ2n) is 1.63. The molecule has 0 radical (unpaired) electrons. The van der Waals surface area contributed by atoms with E-state index < -0.39 is 0 Å². The van der Waals surface area contributed by atoms with Crippen molar-refractivity contribution < 1.29 is 0 Å². The van der Waals surface area contributed by atoms with Crippen LogP contribution in [0.25, 0.3) is 0 Å². The predicted molar refractivity (Wildman–Crippen MR) is 32.8 cm³/mol. The van der Waals surface area contributed by atoms with E-state index in [-0.39, 0.29) is 0 Å². The minimum Gasteiger partial charge on any atom is -0.404 e. The van der Waals surface area contributed by atoms with Crippen LogP contribution in [0.5, 0.6) is 0 Å². The van der Waals surface area contributed by atoms with Crippen molar-refractivity contribution in [1.29, 1.82) is 0 Å². The quantitative estimate of drug-likeness (QED) is 0.492. The topological polar surface area (TPSA) is 26.0 Å². The maximum atomic E-state index is 5.15. The van der Waals surface area contributed by atoms with Crippen molar-refractivity contribution in [3.8, 4) is 0 Å². The van der Waals surface area contributed by atoms with Crippen molar-refractivity contribution in [2.24, 2.45) is 5.73 Å². The first kappa shape index (κ1) is 6.28. The van der Waals surface area contributed by atoms with E-state index in [4.69, 9.17) is 5.73 Å². The van der Waals surface area contributed by atoms with Gasteiger partial charge in [0.15, 0.2) is 0 Å². The first-order valence-corrected chi connectivity index (χ1v) is 2.23. The lowest BCUT2D eigenvalue weighted by Crippen LogP contribution is -1.83. The highest BCUT2D eigenvalue weighted by Crippen LogP contribution is 2.00. The van der Waals surface area contributed by atoms with E-state index in [2.05, 4.69) is 6.58 Å². The Labute approximate surface area is 44.5 Å². The smallest absolute Gasteiger partial charge is 0.00301 e. The zero-order valence-electron chi connectivity index (χ0n) is 4.86. The van der Waals surface area contributed by atoms with Crippen LogP contribution in [0.2, 0.25) is 0 Å². The normalized spacial score (nSPS) is 11.4. The highest BCUT2D eigenvalue weighted by atomic mass is 14.5. The van der Waals surface area contributed by atoms with Crippen LogP contribution in [-0.4, -0.2) is 0 Å². The molecule has 0 aliphatic rings. The molecule has 1 heteroatoms. The molecule has 0 aromatic rings. The molecule has 0 heterocycles. The van der Waals surface area contributed by atoms with Crippen molar-refractivity contribution in [3.05, 3.63) is 23.9 Å². The van der Waals surface area contributed by atoms with E-state index in [1.54, 1.807) is 6.20 Å². The number of rotatable bonds is 1. The Morgan fingerprint density at radius 1 is 1.57 bits per heavy atom. The third-order valence-electron chi connectivity index (χ3n) is 0.923. The monoisotopic (exact) mass is 97.1 g/mol. The molecular weight excluding hydrogens is 86.1 g/mol. The fourth-order valence-corrected chi connectivity index (χ4v) is 0.142. The van der Waals surface area contributed by atoms with Crippen molar-refractivity contribution in [1.82, 2.24) is 0 Å². The molecule has 0 unspecified atom stereocenters. The molecule has 0 saturated carbocycles. The van der Waals surface area contributed by atoms with Crippen LogP contribution >= 0.6 is 0 Å². The zero-order chi connectivity index (χ0) is 5.86. The Kier molecular flexibility index (Phi) is 2.20. The Morgan fingerprint density at radius 2 is 2.00 bits per heavy atom. The molecule has 0 spiro atoms. The summed E-state index contributed by atoms with van der Waals surface area (Å²) < 4.78 is 0. The predicted octanol–water partition coefficient (Wildman–Crippen LogP) is 1.43. The molecule has 0 aromatic heterocycles. The van der Waals surface area contributed by atoms with Gasteiger partial charge in [-0.25, -0.2) is 0 Å². The number of nitrogens with two attached hydrogens (primary N) is 1. The molecule has 0 rings (SSSR count). The van der Waals surface area contributed by atoms with Crippen molar-refractivity contribution in [2.45, 2.75) is 13.8 Å². The van der Waals surface area contributed by atoms with Gasteiger partial charge < -0.3 is 5.73 Å². The van der Waals surface area contributed by atoms with Crippen LogP contribution < -0.4 is 5.73 Å². The summed E-state index contributed by atoms with van der Waals surface area (Å²) in [5.74, 6) is 0. The van der Waals surface area contributed by atoms with Crippen LogP contribution in [-0.2, 0) is 0 Å². The van der Waals surface area contributed by atoms with Crippen molar-refractivity contribution in [3.63, 3.8) is 0 Å². The molecule has 0 aromatic carbocycles. The van der Waals surface area contributed by atoms with Gasteiger partial charge in [-0.15, -0.1) is 0 Å². The van der Waals surface area contributed by atoms with Gasteiger partial charge >= 0.3 is 0 Å². The van der Waals surface area contributed by atoms with E-state index in [0.29, 0.717) is 0 Å². The Balaban J connectivity index is 3.82. The summed E-state index contributed by atoms with van der Waals surface area (Å²) >= 11 is 0. The second-order valence-corrected chi connectivity index (χ2v) is 1.63. The molecule has 7 heavy (non-hydrogen) atoms. The van der Waals surface area contributed by atoms with Crippen molar-refractivity contribution >= 4 is 0 Å². The summed E-state index contributed by atoms with van der Waals surface area (Å²) in [6.45, 7) is 7.54. The zero-order valence-corrected chi connectivity index (χ0v) is 4.86. The van der Waals surface area contributed by atoms with Gasteiger partial charge in [0.25, 0.3) is 0 Å². The molecule has 40 valence electrons. The Hall–Kier alpha value is -0.720. The van der Waals surface area contributed by atoms with Crippen LogP contribution in [0, 0.1) is 0 Å². The molecule has 0 atom stereocenters. The minimum atomic E-state index is 1.03. The van der Waals surface area contributed by atoms with Gasteiger partial charge in [0.1, 0.15) is 0 Å². The largest absolute Gasteiger partial charge is 0.404 e. The molecule has 0 fully saturated rings. The lowest BCUT2D eigenvalue weighted by molar-refractivity contribution is 1.32. The highest BCUT2D eigenvalue weighted by Gasteiger charge is 1.82. The summed E-state index contributed by atoms with van der Waals surface area (Å²) in [6.07, 6.45) is 1.56. The van der Waals surface area contributed by atoms with Gasteiger partial charge in [-0.05, 0) is 25.6 Å². The number of allylic oxidation sites excluding steroid dienone is 2. The van der Waals surface area contributed by atoms with Crippen LogP contribution in [0.1, 0.15) is 13.8 Å². The standard InChI is InChI=1S/C6H11N/c1-5(2)6(3)4-7/h4H,1,7H2,2-3H3/b6-4+. The molecular formula is C6H11N. The SMILES string of the molecule is C=C(C)/C(C)=C/N. The third-order valence-corrected chi connectivity index (χ3v) is 0.923. The molecule has 0 bridgehead atoms. The lowest BCUT2D eigenvalue weighted by Gasteiger charge is -1.91. The van der Waals surface area contributed by atoms with Gasteiger partial charge in [-0.3, -0.25) is 0 Å².